The number of carboxylic acids is 1. The average Bonchev–Trinajstić information content (AvgIpc) is 2.08. The van der Waals surface area contributed by atoms with Gasteiger partial charge in [-0.15, -0.1) is 0 Å². The fourth-order valence-corrected chi connectivity index (χ4v) is 1.40. The highest BCUT2D eigenvalue weighted by molar-refractivity contribution is 6.63. The molecule has 3 N–H and O–H groups in total. The maximum atomic E-state index is 10.7. The van der Waals surface area contributed by atoms with Crippen LogP contribution in [0.4, 0.5) is 0 Å². The monoisotopic (exact) mass is 214 g/mol. The summed E-state index contributed by atoms with van der Waals surface area (Å²) in [6.45, 7) is 1.51. The molecular formula is C8H8BClO4. The van der Waals surface area contributed by atoms with Gasteiger partial charge in [0.1, 0.15) is 0 Å². The topological polar surface area (TPSA) is 77.8 Å². The van der Waals surface area contributed by atoms with E-state index in [4.69, 9.17) is 26.8 Å². The third kappa shape index (κ3) is 1.90. The Balaban J connectivity index is 3.33. The molecule has 0 unspecified atom stereocenters. The molecule has 0 aliphatic carbocycles. The van der Waals surface area contributed by atoms with Crippen molar-refractivity contribution in [1.82, 2.24) is 0 Å². The number of hydrogen-bond donors (Lipinski definition) is 3. The molecule has 0 radical (unpaired) electrons. The SMILES string of the molecule is Cc1c(C(=O)O)ccc(B(O)O)c1Cl. The lowest BCUT2D eigenvalue weighted by atomic mass is 9.79. The summed E-state index contributed by atoms with van der Waals surface area (Å²) in [7, 11) is -1.69. The van der Waals surface area contributed by atoms with Crippen molar-refractivity contribution in [3.63, 3.8) is 0 Å². The minimum absolute atomic E-state index is 0.0550. The predicted octanol–water partition coefficient (Wildman–Crippen LogP) is 0.0264. The van der Waals surface area contributed by atoms with E-state index in [0.29, 0.717) is 5.56 Å². The highest BCUT2D eigenvalue weighted by Gasteiger charge is 2.19. The van der Waals surface area contributed by atoms with E-state index in [1.807, 2.05) is 0 Å². The van der Waals surface area contributed by atoms with Crippen LogP contribution in [-0.4, -0.2) is 28.2 Å². The van der Waals surface area contributed by atoms with Crippen LogP contribution in [0.3, 0.4) is 0 Å². The molecule has 1 rings (SSSR count). The molecule has 0 fully saturated rings. The fourth-order valence-electron chi connectivity index (χ4n) is 1.14. The Morgan fingerprint density at radius 1 is 1.43 bits per heavy atom. The fraction of sp³-hybridized carbons (Fsp3) is 0.125. The molecular weight excluding hydrogens is 206 g/mol. The predicted molar refractivity (Wildman–Crippen MR) is 53.0 cm³/mol. The minimum Gasteiger partial charge on any atom is -0.478 e. The summed E-state index contributed by atoms with van der Waals surface area (Å²) in [6.07, 6.45) is 0. The Hall–Kier alpha value is -1.04. The second-order valence-electron chi connectivity index (χ2n) is 2.82. The first kappa shape index (κ1) is 11.0. The van der Waals surface area contributed by atoms with Gasteiger partial charge in [-0.3, -0.25) is 0 Å². The zero-order valence-electron chi connectivity index (χ0n) is 7.36. The van der Waals surface area contributed by atoms with E-state index < -0.39 is 13.1 Å². The summed E-state index contributed by atoms with van der Waals surface area (Å²) in [6, 6.07) is 2.57. The Labute approximate surface area is 85.9 Å². The van der Waals surface area contributed by atoms with Crippen molar-refractivity contribution < 1.29 is 19.9 Å². The molecule has 0 atom stereocenters. The van der Waals surface area contributed by atoms with E-state index in [-0.39, 0.29) is 16.0 Å². The molecule has 1 aromatic rings. The number of hydrogen-bond acceptors (Lipinski definition) is 3. The summed E-state index contributed by atoms with van der Waals surface area (Å²) < 4.78 is 0. The lowest BCUT2D eigenvalue weighted by molar-refractivity contribution is 0.0696. The molecule has 1 aromatic carbocycles. The Bertz CT molecular complexity index is 378. The van der Waals surface area contributed by atoms with Gasteiger partial charge in [-0.05, 0) is 18.6 Å². The van der Waals surface area contributed by atoms with Crippen LogP contribution < -0.4 is 5.46 Å². The van der Waals surface area contributed by atoms with Gasteiger partial charge in [0.05, 0.1) is 5.56 Å². The largest absolute Gasteiger partial charge is 0.489 e. The Morgan fingerprint density at radius 2 is 2.00 bits per heavy atom. The maximum absolute atomic E-state index is 10.7. The van der Waals surface area contributed by atoms with Crippen molar-refractivity contribution in [2.45, 2.75) is 6.92 Å². The van der Waals surface area contributed by atoms with Crippen LogP contribution >= 0.6 is 11.6 Å². The van der Waals surface area contributed by atoms with Gasteiger partial charge in [0.2, 0.25) is 0 Å². The third-order valence-corrected chi connectivity index (χ3v) is 2.43. The maximum Gasteiger partial charge on any atom is 0.489 e. The number of halogens is 1. The van der Waals surface area contributed by atoms with Gasteiger partial charge in [0.15, 0.2) is 0 Å². The molecule has 14 heavy (non-hydrogen) atoms. The highest BCUT2D eigenvalue weighted by Crippen LogP contribution is 2.17. The first-order valence-corrected chi connectivity index (χ1v) is 4.21. The summed E-state index contributed by atoms with van der Waals surface area (Å²) >= 11 is 5.75. The minimum atomic E-state index is -1.69. The van der Waals surface area contributed by atoms with Crippen molar-refractivity contribution in [2.75, 3.05) is 0 Å². The molecule has 0 bridgehead atoms. The lowest BCUT2D eigenvalue weighted by Gasteiger charge is -2.08. The molecule has 0 aliphatic rings. The second kappa shape index (κ2) is 4.00. The van der Waals surface area contributed by atoms with E-state index in [0.717, 1.165) is 0 Å². The van der Waals surface area contributed by atoms with Gasteiger partial charge in [0, 0.05) is 10.5 Å². The highest BCUT2D eigenvalue weighted by atomic mass is 35.5. The van der Waals surface area contributed by atoms with Crippen LogP contribution in [0.5, 0.6) is 0 Å². The second-order valence-corrected chi connectivity index (χ2v) is 3.20. The number of rotatable bonds is 2. The molecule has 6 heteroatoms. The zero-order valence-corrected chi connectivity index (χ0v) is 8.12. The van der Waals surface area contributed by atoms with Gasteiger partial charge >= 0.3 is 13.1 Å². The summed E-state index contributed by atoms with van der Waals surface area (Å²) in [5.41, 5.74) is 0.485. The van der Waals surface area contributed by atoms with E-state index >= 15 is 0 Å². The molecule has 0 aliphatic heterocycles. The van der Waals surface area contributed by atoms with E-state index in [1.165, 1.54) is 19.1 Å². The Kier molecular flexibility index (Phi) is 3.15. The average molecular weight is 214 g/mol. The molecule has 0 amide bonds. The van der Waals surface area contributed by atoms with Gasteiger partial charge in [-0.2, -0.15) is 0 Å². The van der Waals surface area contributed by atoms with Crippen molar-refractivity contribution in [1.29, 1.82) is 0 Å². The van der Waals surface area contributed by atoms with Crippen LogP contribution in [0.2, 0.25) is 5.02 Å². The van der Waals surface area contributed by atoms with Crippen LogP contribution in [0.15, 0.2) is 12.1 Å². The summed E-state index contributed by atoms with van der Waals surface area (Å²) in [5.74, 6) is -1.09. The van der Waals surface area contributed by atoms with Crippen molar-refractivity contribution in [3.8, 4) is 0 Å². The molecule has 0 saturated heterocycles. The van der Waals surface area contributed by atoms with Crippen LogP contribution in [0.25, 0.3) is 0 Å². The number of carboxylic acid groups (broad SMARTS) is 1. The molecule has 4 nitrogen and oxygen atoms in total. The first-order chi connectivity index (χ1) is 6.45. The van der Waals surface area contributed by atoms with Gasteiger partial charge in [-0.1, -0.05) is 17.7 Å². The van der Waals surface area contributed by atoms with Gasteiger partial charge in [-0.25, -0.2) is 4.79 Å². The lowest BCUT2D eigenvalue weighted by Crippen LogP contribution is -2.31. The molecule has 0 heterocycles. The molecule has 0 saturated carbocycles. The first-order valence-electron chi connectivity index (χ1n) is 3.83. The van der Waals surface area contributed by atoms with Crippen LogP contribution in [0, 0.1) is 6.92 Å². The van der Waals surface area contributed by atoms with Crippen molar-refractivity contribution in [2.24, 2.45) is 0 Å². The van der Waals surface area contributed by atoms with Crippen molar-refractivity contribution in [3.05, 3.63) is 28.3 Å². The van der Waals surface area contributed by atoms with Crippen LogP contribution in [-0.2, 0) is 0 Å². The molecule has 0 spiro atoms. The standard InChI is InChI=1S/C8H8BClO4/c1-4-5(8(11)12)2-3-6(7(4)10)9(13)14/h2-3,13-14H,1H3,(H,11,12). The van der Waals surface area contributed by atoms with E-state index in [9.17, 15) is 4.79 Å². The van der Waals surface area contributed by atoms with Crippen molar-refractivity contribution >= 4 is 30.2 Å². The smallest absolute Gasteiger partial charge is 0.478 e. The normalized spacial score (nSPS) is 10.0. The number of benzene rings is 1. The number of aromatic carboxylic acids is 1. The van der Waals surface area contributed by atoms with E-state index in [2.05, 4.69) is 0 Å². The van der Waals surface area contributed by atoms with Crippen LogP contribution in [0.1, 0.15) is 15.9 Å². The number of carbonyl (C=O) groups is 1. The third-order valence-electron chi connectivity index (χ3n) is 1.92. The summed E-state index contributed by atoms with van der Waals surface area (Å²) in [5, 5.41) is 26.6. The van der Waals surface area contributed by atoms with Gasteiger partial charge < -0.3 is 15.2 Å². The van der Waals surface area contributed by atoms with E-state index in [1.54, 1.807) is 0 Å². The molecule has 0 aromatic heterocycles. The summed E-state index contributed by atoms with van der Waals surface area (Å²) in [4.78, 5) is 10.7. The zero-order chi connectivity index (χ0) is 10.9. The molecule has 74 valence electrons. The van der Waals surface area contributed by atoms with Gasteiger partial charge in [0.25, 0.3) is 0 Å². The quantitative estimate of drug-likeness (QED) is 0.607. The Morgan fingerprint density at radius 3 is 2.43 bits per heavy atom.